The number of nitrogens with zero attached hydrogens (tertiary/aromatic N) is 2. The van der Waals surface area contributed by atoms with E-state index in [0.29, 0.717) is 16.5 Å². The fourth-order valence-corrected chi connectivity index (χ4v) is 3.67. The van der Waals surface area contributed by atoms with Gasteiger partial charge in [-0.15, -0.1) is 0 Å². The number of rotatable bonds is 3. The molecule has 1 aliphatic rings. The Bertz CT molecular complexity index is 657. The van der Waals surface area contributed by atoms with Gasteiger partial charge in [0.1, 0.15) is 4.88 Å². The van der Waals surface area contributed by atoms with Crippen molar-refractivity contribution in [2.24, 2.45) is 7.05 Å². The monoisotopic (exact) mass is 278 g/mol. The van der Waals surface area contributed by atoms with Gasteiger partial charge in [-0.1, -0.05) is 11.3 Å². The van der Waals surface area contributed by atoms with Crippen molar-refractivity contribution in [3.05, 3.63) is 22.2 Å². The minimum atomic E-state index is -0.877. The molecule has 2 aromatic rings. The maximum absolute atomic E-state index is 11.4. The van der Waals surface area contributed by atoms with Gasteiger partial charge in [-0.25, -0.2) is 4.79 Å². The first-order valence-corrected chi connectivity index (χ1v) is 6.98. The van der Waals surface area contributed by atoms with E-state index in [1.165, 1.54) is 11.3 Å². The van der Waals surface area contributed by atoms with Gasteiger partial charge in [0.15, 0.2) is 5.06 Å². The third-order valence-electron chi connectivity index (χ3n) is 3.34. The molecule has 0 atom stereocenters. The molecule has 19 heavy (non-hydrogen) atoms. The Balaban J connectivity index is 2.27. The minimum Gasteiger partial charge on any atom is -0.484 e. The average molecular weight is 278 g/mol. The Kier molecular flexibility index (Phi) is 2.82. The average Bonchev–Trinajstić information content (AvgIpc) is 2.92. The van der Waals surface area contributed by atoms with Gasteiger partial charge in [0.05, 0.1) is 24.1 Å². The van der Waals surface area contributed by atoms with Crippen LogP contribution in [0.15, 0.2) is 6.20 Å². The van der Waals surface area contributed by atoms with Crippen molar-refractivity contribution in [2.45, 2.75) is 19.8 Å². The lowest BCUT2D eigenvalue weighted by Gasteiger charge is -2.15. The van der Waals surface area contributed by atoms with E-state index in [9.17, 15) is 9.90 Å². The summed E-state index contributed by atoms with van der Waals surface area (Å²) in [5, 5.41) is 14.3. The van der Waals surface area contributed by atoms with E-state index in [0.717, 1.165) is 35.2 Å². The molecule has 0 bridgehead atoms. The van der Waals surface area contributed by atoms with Gasteiger partial charge < -0.3 is 9.84 Å². The number of hydrogen-bond donors (Lipinski definition) is 1. The van der Waals surface area contributed by atoms with Gasteiger partial charge in [0.2, 0.25) is 0 Å². The molecule has 5 nitrogen and oxygen atoms in total. The first-order valence-electron chi connectivity index (χ1n) is 6.16. The SMILES string of the molecule is CCOc1sc(C(=O)O)c2c1-c1c(cnn1C)CC2. The normalized spacial score (nSPS) is 12.9. The lowest BCUT2D eigenvalue weighted by atomic mass is 9.92. The molecule has 0 radical (unpaired) electrons. The van der Waals surface area contributed by atoms with Gasteiger partial charge in [-0.3, -0.25) is 4.68 Å². The second-order valence-electron chi connectivity index (χ2n) is 4.45. The molecular weight excluding hydrogens is 264 g/mol. The maximum Gasteiger partial charge on any atom is 0.346 e. The summed E-state index contributed by atoms with van der Waals surface area (Å²) in [6.07, 6.45) is 3.42. The van der Waals surface area contributed by atoms with Crippen molar-refractivity contribution in [3.63, 3.8) is 0 Å². The summed E-state index contributed by atoms with van der Waals surface area (Å²) in [5.74, 6) is -0.877. The van der Waals surface area contributed by atoms with E-state index in [2.05, 4.69) is 5.10 Å². The van der Waals surface area contributed by atoms with Crippen molar-refractivity contribution >= 4 is 17.3 Å². The fourth-order valence-electron chi connectivity index (χ4n) is 2.57. The van der Waals surface area contributed by atoms with Crippen LogP contribution in [0.4, 0.5) is 0 Å². The summed E-state index contributed by atoms with van der Waals surface area (Å²) < 4.78 is 7.43. The van der Waals surface area contributed by atoms with E-state index in [4.69, 9.17) is 4.74 Å². The smallest absolute Gasteiger partial charge is 0.346 e. The van der Waals surface area contributed by atoms with Crippen LogP contribution in [0.2, 0.25) is 0 Å². The van der Waals surface area contributed by atoms with Crippen molar-refractivity contribution in [3.8, 4) is 16.3 Å². The van der Waals surface area contributed by atoms with Gasteiger partial charge in [0.25, 0.3) is 0 Å². The third-order valence-corrected chi connectivity index (χ3v) is 4.47. The molecule has 0 amide bonds. The van der Waals surface area contributed by atoms with Crippen LogP contribution < -0.4 is 4.74 Å². The molecule has 0 fully saturated rings. The number of aryl methyl sites for hydroxylation is 2. The largest absolute Gasteiger partial charge is 0.484 e. The Hall–Kier alpha value is -1.82. The highest BCUT2D eigenvalue weighted by atomic mass is 32.1. The van der Waals surface area contributed by atoms with Crippen molar-refractivity contribution in [1.29, 1.82) is 0 Å². The molecule has 100 valence electrons. The lowest BCUT2D eigenvalue weighted by Crippen LogP contribution is -2.08. The van der Waals surface area contributed by atoms with Crippen LogP contribution in [0.5, 0.6) is 5.06 Å². The molecule has 0 spiro atoms. The summed E-state index contributed by atoms with van der Waals surface area (Å²) in [7, 11) is 1.88. The number of thiophene rings is 1. The highest BCUT2D eigenvalue weighted by molar-refractivity contribution is 7.16. The Labute approximate surface area is 114 Å². The van der Waals surface area contributed by atoms with Gasteiger partial charge in [0, 0.05) is 7.05 Å². The molecule has 2 aromatic heterocycles. The summed E-state index contributed by atoms with van der Waals surface area (Å²) in [4.78, 5) is 11.8. The number of fused-ring (bicyclic) bond motifs is 3. The number of carbonyl (C=O) groups is 1. The van der Waals surface area contributed by atoms with E-state index < -0.39 is 5.97 Å². The lowest BCUT2D eigenvalue weighted by molar-refractivity contribution is 0.0701. The fraction of sp³-hybridized carbons (Fsp3) is 0.385. The van der Waals surface area contributed by atoms with Gasteiger partial charge in [-0.2, -0.15) is 5.10 Å². The van der Waals surface area contributed by atoms with Crippen LogP contribution >= 0.6 is 11.3 Å². The number of aromatic nitrogens is 2. The van der Waals surface area contributed by atoms with Crippen LogP contribution in [-0.4, -0.2) is 27.5 Å². The molecule has 0 aromatic carbocycles. The van der Waals surface area contributed by atoms with E-state index in [-0.39, 0.29) is 0 Å². The van der Waals surface area contributed by atoms with Gasteiger partial charge in [-0.05, 0) is 30.9 Å². The predicted octanol–water partition coefficient (Wildman–Crippen LogP) is 2.34. The summed E-state index contributed by atoms with van der Waals surface area (Å²) in [6.45, 7) is 2.43. The van der Waals surface area contributed by atoms with Crippen molar-refractivity contribution < 1.29 is 14.6 Å². The zero-order valence-corrected chi connectivity index (χ0v) is 11.6. The van der Waals surface area contributed by atoms with E-state index >= 15 is 0 Å². The number of hydrogen-bond acceptors (Lipinski definition) is 4. The molecule has 0 aliphatic heterocycles. The third kappa shape index (κ3) is 1.74. The Morgan fingerprint density at radius 3 is 3.05 bits per heavy atom. The van der Waals surface area contributed by atoms with Crippen molar-refractivity contribution in [2.75, 3.05) is 6.61 Å². The number of aromatic carboxylic acids is 1. The first-order chi connectivity index (χ1) is 9.13. The second-order valence-corrected chi connectivity index (χ2v) is 5.44. The highest BCUT2D eigenvalue weighted by Crippen LogP contribution is 2.46. The molecule has 2 heterocycles. The molecule has 1 aliphatic carbocycles. The predicted molar refractivity (Wildman–Crippen MR) is 72.1 cm³/mol. The zero-order valence-electron chi connectivity index (χ0n) is 10.8. The van der Waals surface area contributed by atoms with Crippen molar-refractivity contribution in [1.82, 2.24) is 9.78 Å². The molecule has 0 saturated carbocycles. The molecule has 6 heteroatoms. The van der Waals surface area contributed by atoms with Crippen LogP contribution in [0.25, 0.3) is 11.3 Å². The van der Waals surface area contributed by atoms with E-state index in [1.807, 2.05) is 20.2 Å². The number of carboxylic acids is 1. The topological polar surface area (TPSA) is 64.3 Å². The second kappa shape index (κ2) is 4.38. The van der Waals surface area contributed by atoms with Crippen LogP contribution in [-0.2, 0) is 19.9 Å². The standard InChI is InChI=1S/C13H14N2O3S/c1-3-18-13-9-8(11(19-13)12(16)17)5-4-7-6-14-15(2)10(7)9/h6H,3-5H2,1-2H3,(H,16,17). The first kappa shape index (κ1) is 12.2. The summed E-state index contributed by atoms with van der Waals surface area (Å²) >= 11 is 1.22. The van der Waals surface area contributed by atoms with E-state index in [1.54, 1.807) is 4.68 Å². The summed E-state index contributed by atoms with van der Waals surface area (Å²) in [6, 6.07) is 0. The zero-order chi connectivity index (χ0) is 13.6. The summed E-state index contributed by atoms with van der Waals surface area (Å²) in [5.41, 5.74) is 3.96. The maximum atomic E-state index is 11.4. The molecule has 0 unspecified atom stereocenters. The molecule has 0 saturated heterocycles. The minimum absolute atomic E-state index is 0.394. The Morgan fingerprint density at radius 1 is 1.58 bits per heavy atom. The quantitative estimate of drug-likeness (QED) is 0.936. The number of carboxylic acid groups (broad SMARTS) is 1. The van der Waals surface area contributed by atoms with Crippen LogP contribution in [0, 0.1) is 0 Å². The number of ether oxygens (including phenoxy) is 1. The Morgan fingerprint density at radius 2 is 2.37 bits per heavy atom. The molecular formula is C13H14N2O3S. The highest BCUT2D eigenvalue weighted by Gasteiger charge is 2.30. The van der Waals surface area contributed by atoms with Crippen LogP contribution in [0.3, 0.4) is 0 Å². The molecule has 1 N–H and O–H groups in total. The van der Waals surface area contributed by atoms with Gasteiger partial charge >= 0.3 is 5.97 Å². The molecule has 3 rings (SSSR count). The van der Waals surface area contributed by atoms with Crippen LogP contribution in [0.1, 0.15) is 27.7 Å².